The van der Waals surface area contributed by atoms with E-state index in [1.807, 2.05) is 0 Å². The van der Waals surface area contributed by atoms with Gasteiger partial charge in [-0.15, -0.1) is 0 Å². The van der Waals surface area contributed by atoms with Crippen molar-refractivity contribution < 1.29 is 23.9 Å². The van der Waals surface area contributed by atoms with E-state index in [4.69, 9.17) is 9.47 Å². The maximum atomic E-state index is 11.7. The third-order valence-corrected chi connectivity index (χ3v) is 2.61. The van der Waals surface area contributed by atoms with Gasteiger partial charge in [0.1, 0.15) is 11.5 Å². The van der Waals surface area contributed by atoms with Crippen molar-refractivity contribution in [3.63, 3.8) is 0 Å². The van der Waals surface area contributed by atoms with Crippen LogP contribution in [-0.2, 0) is 14.4 Å². The monoisotopic (exact) mass is 310 g/mol. The molecule has 2 aromatic carbocycles. The predicted octanol–water partition coefficient (Wildman–Crippen LogP) is 2.61. The smallest absolute Gasteiger partial charge is 0.349 e. The Kier molecular flexibility index (Phi) is 5.54. The minimum Gasteiger partial charge on any atom is -0.482 e. The van der Waals surface area contributed by atoms with Gasteiger partial charge in [-0.3, -0.25) is 0 Å². The van der Waals surface area contributed by atoms with Crippen LogP contribution in [0.25, 0.3) is 0 Å². The lowest BCUT2D eigenvalue weighted by Crippen LogP contribution is -2.17. The Morgan fingerprint density at radius 1 is 0.826 bits per heavy atom. The SMILES string of the molecule is O=C=Nc1ccc(OCC(=O)Oc2ccc(N=C=O)cc2)cc1. The average Bonchev–Trinajstić information content (AvgIpc) is 2.57. The lowest BCUT2D eigenvalue weighted by atomic mass is 10.3. The molecular weight excluding hydrogens is 300 g/mol. The van der Waals surface area contributed by atoms with Crippen LogP contribution < -0.4 is 9.47 Å². The highest BCUT2D eigenvalue weighted by atomic mass is 16.6. The standard InChI is InChI=1S/C16H10N2O5/c19-10-17-12-1-5-14(6-2-12)22-9-16(21)23-15-7-3-13(4-8-15)18-11-20/h1-8H,9H2. The van der Waals surface area contributed by atoms with Gasteiger partial charge in [0.15, 0.2) is 6.61 Å². The Labute approximate surface area is 130 Å². The Hall–Kier alpha value is -3.53. The first-order valence-electron chi connectivity index (χ1n) is 6.40. The van der Waals surface area contributed by atoms with Crippen molar-refractivity contribution in [2.75, 3.05) is 6.61 Å². The van der Waals surface area contributed by atoms with Gasteiger partial charge in [-0.1, -0.05) is 0 Å². The molecule has 0 aliphatic heterocycles. The number of aliphatic imine (C=N–C) groups is 2. The van der Waals surface area contributed by atoms with E-state index < -0.39 is 5.97 Å². The lowest BCUT2D eigenvalue weighted by Gasteiger charge is -2.06. The quantitative estimate of drug-likeness (QED) is 0.354. The molecule has 0 unspecified atom stereocenters. The number of carbonyl (C=O) groups is 1. The van der Waals surface area contributed by atoms with Crippen molar-refractivity contribution in [2.45, 2.75) is 0 Å². The van der Waals surface area contributed by atoms with Crippen LogP contribution >= 0.6 is 0 Å². The number of nitrogens with zero attached hydrogens (tertiary/aromatic N) is 2. The zero-order valence-electron chi connectivity index (χ0n) is 11.8. The molecule has 0 atom stereocenters. The normalized spacial score (nSPS) is 9.22. The van der Waals surface area contributed by atoms with Crippen LogP contribution in [0.4, 0.5) is 11.4 Å². The van der Waals surface area contributed by atoms with Gasteiger partial charge in [-0.05, 0) is 48.5 Å². The summed E-state index contributed by atoms with van der Waals surface area (Å²) >= 11 is 0. The largest absolute Gasteiger partial charge is 0.482 e. The summed E-state index contributed by atoms with van der Waals surface area (Å²) in [4.78, 5) is 38.7. The molecule has 0 aliphatic carbocycles. The number of benzene rings is 2. The molecule has 0 fully saturated rings. The fourth-order valence-electron chi connectivity index (χ4n) is 1.61. The van der Waals surface area contributed by atoms with Gasteiger partial charge < -0.3 is 9.47 Å². The molecule has 23 heavy (non-hydrogen) atoms. The number of esters is 1. The van der Waals surface area contributed by atoms with E-state index in [1.54, 1.807) is 24.3 Å². The number of hydrogen-bond acceptors (Lipinski definition) is 7. The zero-order valence-corrected chi connectivity index (χ0v) is 11.8. The van der Waals surface area contributed by atoms with Gasteiger partial charge >= 0.3 is 5.97 Å². The topological polar surface area (TPSA) is 94.4 Å². The molecule has 0 heterocycles. The van der Waals surface area contributed by atoms with E-state index in [0.717, 1.165) is 0 Å². The van der Waals surface area contributed by atoms with Crippen molar-refractivity contribution in [3.8, 4) is 11.5 Å². The Morgan fingerprint density at radius 3 is 1.78 bits per heavy atom. The van der Waals surface area contributed by atoms with Gasteiger partial charge in [-0.2, -0.15) is 9.98 Å². The molecule has 0 N–H and O–H groups in total. The Morgan fingerprint density at radius 2 is 1.30 bits per heavy atom. The van der Waals surface area contributed by atoms with Crippen LogP contribution in [0.1, 0.15) is 0 Å². The molecule has 0 aromatic heterocycles. The van der Waals surface area contributed by atoms with Gasteiger partial charge in [-0.25, -0.2) is 14.4 Å². The van der Waals surface area contributed by atoms with Crippen LogP contribution in [0.3, 0.4) is 0 Å². The van der Waals surface area contributed by atoms with E-state index in [1.165, 1.54) is 36.4 Å². The summed E-state index contributed by atoms with van der Waals surface area (Å²) in [5, 5.41) is 0. The number of rotatable bonds is 6. The second-order valence-corrected chi connectivity index (χ2v) is 4.16. The highest BCUT2D eigenvalue weighted by Crippen LogP contribution is 2.19. The third kappa shape index (κ3) is 5.06. The number of ether oxygens (including phenoxy) is 2. The minimum atomic E-state index is -0.591. The van der Waals surface area contributed by atoms with Crippen LogP contribution in [0.15, 0.2) is 58.5 Å². The van der Waals surface area contributed by atoms with Crippen molar-refractivity contribution in [3.05, 3.63) is 48.5 Å². The lowest BCUT2D eigenvalue weighted by molar-refractivity contribution is -0.136. The highest BCUT2D eigenvalue weighted by Gasteiger charge is 2.06. The molecule has 7 heteroatoms. The zero-order chi connectivity index (χ0) is 16.5. The van der Waals surface area contributed by atoms with E-state index in [9.17, 15) is 14.4 Å². The number of carbonyl (C=O) groups excluding carboxylic acids is 3. The van der Waals surface area contributed by atoms with Gasteiger partial charge in [0.05, 0.1) is 11.4 Å². The van der Waals surface area contributed by atoms with Crippen molar-refractivity contribution in [1.82, 2.24) is 0 Å². The maximum absolute atomic E-state index is 11.7. The van der Waals surface area contributed by atoms with Crippen LogP contribution in [-0.4, -0.2) is 24.7 Å². The first kappa shape index (κ1) is 15.9. The van der Waals surface area contributed by atoms with Crippen LogP contribution in [0, 0.1) is 0 Å². The molecule has 2 rings (SSSR count). The maximum Gasteiger partial charge on any atom is 0.349 e. The van der Waals surface area contributed by atoms with Crippen molar-refractivity contribution in [2.24, 2.45) is 9.98 Å². The fourth-order valence-corrected chi connectivity index (χ4v) is 1.61. The van der Waals surface area contributed by atoms with E-state index in [2.05, 4.69) is 9.98 Å². The third-order valence-electron chi connectivity index (χ3n) is 2.61. The van der Waals surface area contributed by atoms with Crippen LogP contribution in [0.2, 0.25) is 0 Å². The summed E-state index contributed by atoms with van der Waals surface area (Å²) in [6.45, 7) is -0.287. The molecule has 0 saturated carbocycles. The Balaban J connectivity index is 1.86. The fraction of sp³-hybridized carbons (Fsp3) is 0.0625. The molecule has 0 spiro atoms. The molecule has 0 aliphatic rings. The second kappa shape index (κ2) is 8.05. The molecule has 7 nitrogen and oxygen atoms in total. The van der Waals surface area contributed by atoms with E-state index >= 15 is 0 Å². The number of isocyanates is 2. The van der Waals surface area contributed by atoms with Gasteiger partial charge in [0.2, 0.25) is 12.2 Å². The van der Waals surface area contributed by atoms with Gasteiger partial charge in [0, 0.05) is 0 Å². The van der Waals surface area contributed by atoms with Crippen molar-refractivity contribution >= 4 is 29.5 Å². The summed E-state index contributed by atoms with van der Waals surface area (Å²) in [6.07, 6.45) is 2.84. The first-order chi connectivity index (χ1) is 11.2. The predicted molar refractivity (Wildman–Crippen MR) is 79.6 cm³/mol. The van der Waals surface area contributed by atoms with Crippen LogP contribution in [0.5, 0.6) is 11.5 Å². The summed E-state index contributed by atoms with van der Waals surface area (Å²) in [5.74, 6) is 0.146. The van der Waals surface area contributed by atoms with Gasteiger partial charge in [0.25, 0.3) is 0 Å². The average molecular weight is 310 g/mol. The molecule has 2 aromatic rings. The summed E-state index contributed by atoms with van der Waals surface area (Å²) in [7, 11) is 0. The van der Waals surface area contributed by atoms with E-state index in [0.29, 0.717) is 22.9 Å². The van der Waals surface area contributed by atoms with E-state index in [-0.39, 0.29) is 6.61 Å². The molecule has 114 valence electrons. The summed E-state index contributed by atoms with van der Waals surface area (Å²) in [6, 6.07) is 12.3. The Bertz CT molecular complexity index is 771. The molecule has 0 bridgehead atoms. The molecule has 0 amide bonds. The second-order valence-electron chi connectivity index (χ2n) is 4.16. The summed E-state index contributed by atoms with van der Waals surface area (Å²) in [5.41, 5.74) is 0.849. The molecular formula is C16H10N2O5. The summed E-state index contributed by atoms with van der Waals surface area (Å²) < 4.78 is 10.3. The number of hydrogen-bond donors (Lipinski definition) is 0. The first-order valence-corrected chi connectivity index (χ1v) is 6.40. The van der Waals surface area contributed by atoms with Crippen molar-refractivity contribution in [1.29, 1.82) is 0 Å². The molecule has 0 saturated heterocycles. The highest BCUT2D eigenvalue weighted by molar-refractivity contribution is 5.74. The molecule has 0 radical (unpaired) electrons. The minimum absolute atomic E-state index is 0.287.